The number of carbonyl (C=O) groups is 2. The lowest BCUT2D eigenvalue weighted by molar-refractivity contribution is -0.135. The second kappa shape index (κ2) is 6.68. The Balaban J connectivity index is 2.29. The summed E-state index contributed by atoms with van der Waals surface area (Å²) in [6, 6.07) is 0. The summed E-state index contributed by atoms with van der Waals surface area (Å²) in [6.07, 6.45) is 4.74. The molecule has 0 spiro atoms. The third-order valence-corrected chi connectivity index (χ3v) is 11.4. The number of carbonyl (C=O) groups excluding carboxylic acids is 2. The average Bonchev–Trinajstić information content (AvgIpc) is 2.93. The standard InChI is InChI=1S/C20H36O3Si/c1-19(2,3)24(6,7)23-16-12-9-13-17(21)20(4,5)15-11-8-10-14(15)18(16)22/h14-16H,8-13H2,1-7H3/t14-,15+,16?/m0/s1. The molecule has 0 aromatic rings. The molecule has 3 atom stereocenters. The highest BCUT2D eigenvalue weighted by Gasteiger charge is 2.49. The predicted octanol–water partition coefficient (Wildman–Crippen LogP) is 5.14. The molecule has 0 aliphatic heterocycles. The van der Waals surface area contributed by atoms with Gasteiger partial charge >= 0.3 is 0 Å². The summed E-state index contributed by atoms with van der Waals surface area (Å²) in [7, 11) is -1.99. The van der Waals surface area contributed by atoms with Gasteiger partial charge in [-0.1, -0.05) is 41.0 Å². The average molecular weight is 353 g/mol. The number of Topliss-reactive ketones (excluding diaryl/α,β-unsaturated/α-hetero) is 2. The lowest BCUT2D eigenvalue weighted by Gasteiger charge is -2.40. The maximum atomic E-state index is 13.3. The molecule has 0 bridgehead atoms. The predicted molar refractivity (Wildman–Crippen MR) is 101 cm³/mol. The normalized spacial score (nSPS) is 32.0. The molecule has 2 aliphatic rings. The summed E-state index contributed by atoms with van der Waals surface area (Å²) in [6.45, 7) is 15.2. The molecule has 24 heavy (non-hydrogen) atoms. The zero-order valence-electron chi connectivity index (χ0n) is 16.7. The number of hydrogen-bond donors (Lipinski definition) is 0. The van der Waals surface area contributed by atoms with Gasteiger partial charge in [0, 0.05) is 17.8 Å². The molecule has 2 fully saturated rings. The van der Waals surface area contributed by atoms with Crippen LogP contribution < -0.4 is 0 Å². The fourth-order valence-corrected chi connectivity index (χ4v) is 5.47. The molecule has 0 radical (unpaired) electrons. The second-order valence-electron chi connectivity index (χ2n) is 9.95. The van der Waals surface area contributed by atoms with Gasteiger partial charge < -0.3 is 4.43 Å². The largest absolute Gasteiger partial charge is 0.407 e. The van der Waals surface area contributed by atoms with Crippen LogP contribution in [0.3, 0.4) is 0 Å². The van der Waals surface area contributed by atoms with E-state index in [1.807, 2.05) is 0 Å². The van der Waals surface area contributed by atoms with E-state index >= 15 is 0 Å². The van der Waals surface area contributed by atoms with E-state index in [1.54, 1.807) is 0 Å². The van der Waals surface area contributed by atoms with E-state index in [0.717, 1.165) is 25.7 Å². The maximum Gasteiger partial charge on any atom is 0.193 e. The first-order valence-corrected chi connectivity index (χ1v) is 12.5. The van der Waals surface area contributed by atoms with E-state index in [9.17, 15) is 9.59 Å². The quantitative estimate of drug-likeness (QED) is 0.646. The van der Waals surface area contributed by atoms with Crippen LogP contribution in [0.5, 0.6) is 0 Å². The summed E-state index contributed by atoms with van der Waals surface area (Å²) >= 11 is 0. The van der Waals surface area contributed by atoms with Crippen LogP contribution in [0, 0.1) is 17.3 Å². The molecule has 2 rings (SSSR count). The van der Waals surface area contributed by atoms with Gasteiger partial charge in [-0.15, -0.1) is 0 Å². The minimum absolute atomic E-state index is 0.0109. The Morgan fingerprint density at radius 3 is 2.25 bits per heavy atom. The summed E-state index contributed by atoms with van der Waals surface area (Å²) in [5.74, 6) is 0.822. The highest BCUT2D eigenvalue weighted by Crippen LogP contribution is 2.47. The highest BCUT2D eigenvalue weighted by molar-refractivity contribution is 6.74. The third kappa shape index (κ3) is 3.69. The van der Waals surface area contributed by atoms with E-state index in [1.165, 1.54) is 0 Å². The van der Waals surface area contributed by atoms with Crippen LogP contribution in [-0.2, 0) is 14.0 Å². The molecule has 2 saturated carbocycles. The third-order valence-electron chi connectivity index (χ3n) is 6.96. The molecule has 0 heterocycles. The highest BCUT2D eigenvalue weighted by atomic mass is 28.4. The van der Waals surface area contributed by atoms with Crippen molar-refractivity contribution in [1.29, 1.82) is 0 Å². The molecule has 0 aromatic heterocycles. The number of hydrogen-bond acceptors (Lipinski definition) is 3. The van der Waals surface area contributed by atoms with Crippen LogP contribution in [0.1, 0.15) is 73.1 Å². The van der Waals surface area contributed by atoms with Crippen LogP contribution in [0.4, 0.5) is 0 Å². The lowest BCUT2D eigenvalue weighted by Crippen LogP contribution is -2.48. The topological polar surface area (TPSA) is 43.4 Å². The first-order chi connectivity index (χ1) is 10.9. The molecular formula is C20H36O3Si. The van der Waals surface area contributed by atoms with Crippen molar-refractivity contribution < 1.29 is 14.0 Å². The van der Waals surface area contributed by atoms with Crippen molar-refractivity contribution >= 4 is 19.9 Å². The van der Waals surface area contributed by atoms with E-state index in [-0.39, 0.29) is 34.2 Å². The van der Waals surface area contributed by atoms with Crippen LogP contribution >= 0.6 is 0 Å². The number of ketones is 2. The molecule has 0 aromatic carbocycles. The Morgan fingerprint density at radius 2 is 1.67 bits per heavy atom. The van der Waals surface area contributed by atoms with E-state index in [4.69, 9.17) is 4.43 Å². The van der Waals surface area contributed by atoms with Crippen molar-refractivity contribution in [2.24, 2.45) is 17.3 Å². The molecule has 138 valence electrons. The van der Waals surface area contributed by atoms with Gasteiger partial charge in [0.25, 0.3) is 0 Å². The van der Waals surface area contributed by atoms with Gasteiger partial charge in [-0.3, -0.25) is 9.59 Å². The van der Waals surface area contributed by atoms with Crippen LogP contribution in [0.15, 0.2) is 0 Å². The fourth-order valence-electron chi connectivity index (χ4n) is 4.17. The molecule has 2 aliphatic carbocycles. The smallest absolute Gasteiger partial charge is 0.193 e. The fraction of sp³-hybridized carbons (Fsp3) is 0.900. The molecule has 1 unspecified atom stereocenters. The Labute approximate surface area is 149 Å². The Morgan fingerprint density at radius 1 is 1.04 bits per heavy atom. The van der Waals surface area contributed by atoms with Gasteiger partial charge in [0.15, 0.2) is 14.1 Å². The van der Waals surface area contributed by atoms with E-state index < -0.39 is 8.32 Å². The molecule has 3 nitrogen and oxygen atoms in total. The Bertz CT molecular complexity index is 502. The maximum absolute atomic E-state index is 13.3. The van der Waals surface area contributed by atoms with Crippen molar-refractivity contribution in [1.82, 2.24) is 0 Å². The first-order valence-electron chi connectivity index (χ1n) is 9.63. The Kier molecular flexibility index (Phi) is 5.52. The van der Waals surface area contributed by atoms with Crippen LogP contribution in [0.2, 0.25) is 18.1 Å². The summed E-state index contributed by atoms with van der Waals surface area (Å²) in [5.41, 5.74) is -0.372. The van der Waals surface area contributed by atoms with Crippen molar-refractivity contribution in [2.45, 2.75) is 97.4 Å². The van der Waals surface area contributed by atoms with Gasteiger partial charge in [0.2, 0.25) is 0 Å². The van der Waals surface area contributed by atoms with Gasteiger partial charge in [-0.25, -0.2) is 0 Å². The van der Waals surface area contributed by atoms with E-state index in [0.29, 0.717) is 18.6 Å². The zero-order chi connectivity index (χ0) is 18.3. The van der Waals surface area contributed by atoms with Gasteiger partial charge in [0.05, 0.1) is 0 Å². The van der Waals surface area contributed by atoms with Gasteiger partial charge in [-0.05, 0) is 49.7 Å². The number of fused-ring (bicyclic) bond motifs is 1. The van der Waals surface area contributed by atoms with Crippen molar-refractivity contribution in [3.05, 3.63) is 0 Å². The molecule has 4 heteroatoms. The second-order valence-corrected chi connectivity index (χ2v) is 14.7. The van der Waals surface area contributed by atoms with Gasteiger partial charge in [0.1, 0.15) is 11.9 Å². The SMILES string of the molecule is CC1(C)C(=O)CCCC(O[Si](C)(C)C(C)(C)C)C(=O)[C@H]2CCC[C@H]21. The summed E-state index contributed by atoms with van der Waals surface area (Å²) in [4.78, 5) is 26.0. The minimum Gasteiger partial charge on any atom is -0.407 e. The molecule has 0 saturated heterocycles. The van der Waals surface area contributed by atoms with Crippen molar-refractivity contribution in [3.63, 3.8) is 0 Å². The molecule has 0 N–H and O–H groups in total. The zero-order valence-corrected chi connectivity index (χ0v) is 17.7. The van der Waals surface area contributed by atoms with Gasteiger partial charge in [-0.2, -0.15) is 0 Å². The van der Waals surface area contributed by atoms with Crippen LogP contribution in [-0.4, -0.2) is 26.0 Å². The number of rotatable bonds is 2. The molecular weight excluding hydrogens is 316 g/mol. The molecule has 0 amide bonds. The minimum atomic E-state index is -1.99. The summed E-state index contributed by atoms with van der Waals surface area (Å²) < 4.78 is 6.54. The lowest BCUT2D eigenvalue weighted by atomic mass is 9.69. The first kappa shape index (κ1) is 19.8. The van der Waals surface area contributed by atoms with Crippen molar-refractivity contribution in [2.75, 3.05) is 0 Å². The van der Waals surface area contributed by atoms with Crippen LogP contribution in [0.25, 0.3) is 0 Å². The summed E-state index contributed by atoms with van der Waals surface area (Å²) in [5, 5.41) is 0.0931. The van der Waals surface area contributed by atoms with E-state index in [2.05, 4.69) is 47.7 Å². The van der Waals surface area contributed by atoms with Crippen molar-refractivity contribution in [3.8, 4) is 0 Å². The monoisotopic (exact) mass is 352 g/mol. The Hall–Kier alpha value is -0.483.